The zero-order valence-electron chi connectivity index (χ0n) is 11.6. The maximum absolute atomic E-state index is 12.2. The lowest BCUT2D eigenvalue weighted by Crippen LogP contribution is -2.31. The second kappa shape index (κ2) is 7.01. The van der Waals surface area contributed by atoms with Crippen molar-refractivity contribution >= 4 is 29.0 Å². The van der Waals surface area contributed by atoms with Crippen molar-refractivity contribution in [3.05, 3.63) is 54.6 Å². The zero-order valence-corrected chi connectivity index (χ0v) is 12.4. The molecule has 2 aromatic carbocycles. The predicted molar refractivity (Wildman–Crippen MR) is 86.4 cm³/mol. The Morgan fingerprint density at radius 1 is 1.05 bits per heavy atom. The van der Waals surface area contributed by atoms with Gasteiger partial charge in [0.25, 0.3) is 0 Å². The number of para-hydroxylation sites is 2. The smallest absolute Gasteiger partial charge is 0.246 e. The van der Waals surface area contributed by atoms with Crippen LogP contribution in [0.3, 0.4) is 0 Å². The fraction of sp³-hybridized carbons (Fsp3) is 0.188. The number of benzene rings is 2. The number of nitrogens with one attached hydrogen (secondary N) is 2. The molecule has 2 aromatic rings. The lowest BCUT2D eigenvalue weighted by atomic mass is 10.2. The first-order valence-corrected chi connectivity index (χ1v) is 7.68. The standard InChI is InChI=1S/C16H18N2OS/c1-12(17-13-8-4-3-5-9-13)16(19)18-14-10-6-7-11-15(14)20-2/h3-12,17H,1-2H3,(H,18,19)/t12-/m0/s1. The van der Waals surface area contributed by atoms with Gasteiger partial charge in [0.1, 0.15) is 6.04 Å². The SMILES string of the molecule is CSc1ccccc1NC(=O)[C@H](C)Nc1ccccc1. The van der Waals surface area contributed by atoms with Crippen molar-refractivity contribution in [1.82, 2.24) is 0 Å². The van der Waals surface area contributed by atoms with Gasteiger partial charge in [0.15, 0.2) is 0 Å². The number of carbonyl (C=O) groups excluding carboxylic acids is 1. The van der Waals surface area contributed by atoms with Crippen LogP contribution < -0.4 is 10.6 Å². The number of carbonyl (C=O) groups is 1. The molecule has 0 bridgehead atoms. The first-order chi connectivity index (χ1) is 9.70. The van der Waals surface area contributed by atoms with Crippen molar-refractivity contribution in [1.29, 1.82) is 0 Å². The molecule has 1 atom stereocenters. The van der Waals surface area contributed by atoms with Crippen LogP contribution in [0.2, 0.25) is 0 Å². The summed E-state index contributed by atoms with van der Waals surface area (Å²) in [5.74, 6) is -0.0460. The molecule has 0 heterocycles. The molecule has 1 amide bonds. The van der Waals surface area contributed by atoms with E-state index < -0.39 is 0 Å². The highest BCUT2D eigenvalue weighted by atomic mass is 32.2. The molecule has 0 aliphatic heterocycles. The Morgan fingerprint density at radius 3 is 2.40 bits per heavy atom. The number of amides is 1. The molecule has 2 rings (SSSR count). The quantitative estimate of drug-likeness (QED) is 0.820. The van der Waals surface area contributed by atoms with Crippen LogP contribution >= 0.6 is 11.8 Å². The first-order valence-electron chi connectivity index (χ1n) is 6.46. The summed E-state index contributed by atoms with van der Waals surface area (Å²) < 4.78 is 0. The summed E-state index contributed by atoms with van der Waals surface area (Å²) in [5, 5.41) is 6.14. The second-order valence-electron chi connectivity index (χ2n) is 4.42. The van der Waals surface area contributed by atoms with E-state index in [0.717, 1.165) is 16.3 Å². The number of hydrogen-bond acceptors (Lipinski definition) is 3. The van der Waals surface area contributed by atoms with E-state index in [-0.39, 0.29) is 11.9 Å². The van der Waals surface area contributed by atoms with Crippen LogP contribution in [0.5, 0.6) is 0 Å². The normalized spacial score (nSPS) is 11.7. The molecular weight excluding hydrogens is 268 g/mol. The van der Waals surface area contributed by atoms with Crippen molar-refractivity contribution in [3.63, 3.8) is 0 Å². The molecule has 0 saturated heterocycles. The number of anilines is 2. The average molecular weight is 286 g/mol. The fourth-order valence-corrected chi connectivity index (χ4v) is 2.39. The van der Waals surface area contributed by atoms with E-state index in [1.54, 1.807) is 11.8 Å². The first kappa shape index (κ1) is 14.5. The van der Waals surface area contributed by atoms with Crippen LogP contribution in [-0.4, -0.2) is 18.2 Å². The topological polar surface area (TPSA) is 41.1 Å². The molecule has 0 aromatic heterocycles. The van der Waals surface area contributed by atoms with Gasteiger partial charge in [-0.15, -0.1) is 11.8 Å². The van der Waals surface area contributed by atoms with E-state index in [4.69, 9.17) is 0 Å². The van der Waals surface area contributed by atoms with Gasteiger partial charge in [-0.25, -0.2) is 0 Å². The molecule has 0 aliphatic rings. The summed E-state index contributed by atoms with van der Waals surface area (Å²) in [6.45, 7) is 1.85. The molecule has 0 radical (unpaired) electrons. The summed E-state index contributed by atoms with van der Waals surface area (Å²) in [4.78, 5) is 13.3. The van der Waals surface area contributed by atoms with Crippen molar-refractivity contribution in [2.45, 2.75) is 17.9 Å². The molecule has 0 unspecified atom stereocenters. The van der Waals surface area contributed by atoms with Gasteiger partial charge in [-0.2, -0.15) is 0 Å². The Kier molecular flexibility index (Phi) is 5.07. The van der Waals surface area contributed by atoms with Crippen LogP contribution in [0.25, 0.3) is 0 Å². The number of thioether (sulfide) groups is 1. The van der Waals surface area contributed by atoms with Crippen molar-refractivity contribution < 1.29 is 4.79 Å². The lowest BCUT2D eigenvalue weighted by Gasteiger charge is -2.16. The Balaban J connectivity index is 2.01. The van der Waals surface area contributed by atoms with E-state index in [0.29, 0.717) is 0 Å². The maximum Gasteiger partial charge on any atom is 0.246 e. The van der Waals surface area contributed by atoms with Gasteiger partial charge < -0.3 is 10.6 Å². The Labute approximate surface area is 123 Å². The molecule has 0 saturated carbocycles. The summed E-state index contributed by atoms with van der Waals surface area (Å²) in [7, 11) is 0. The molecule has 4 heteroatoms. The van der Waals surface area contributed by atoms with Crippen molar-refractivity contribution in [2.75, 3.05) is 16.9 Å². The van der Waals surface area contributed by atoms with Gasteiger partial charge in [-0.3, -0.25) is 4.79 Å². The van der Waals surface area contributed by atoms with E-state index in [1.165, 1.54) is 0 Å². The van der Waals surface area contributed by atoms with Crippen LogP contribution in [0.4, 0.5) is 11.4 Å². The molecule has 3 nitrogen and oxygen atoms in total. The van der Waals surface area contributed by atoms with Crippen LogP contribution in [0.1, 0.15) is 6.92 Å². The van der Waals surface area contributed by atoms with E-state index in [2.05, 4.69) is 10.6 Å². The molecule has 0 fully saturated rings. The second-order valence-corrected chi connectivity index (χ2v) is 5.27. The molecular formula is C16H18N2OS. The van der Waals surface area contributed by atoms with Crippen molar-refractivity contribution in [2.24, 2.45) is 0 Å². The highest BCUT2D eigenvalue weighted by Gasteiger charge is 2.13. The third-order valence-electron chi connectivity index (χ3n) is 2.92. The van der Waals surface area contributed by atoms with Gasteiger partial charge in [0.2, 0.25) is 5.91 Å². The third kappa shape index (κ3) is 3.78. The monoisotopic (exact) mass is 286 g/mol. The minimum atomic E-state index is -0.299. The van der Waals surface area contributed by atoms with Crippen LogP contribution in [-0.2, 0) is 4.79 Å². The third-order valence-corrected chi connectivity index (χ3v) is 3.71. The fourth-order valence-electron chi connectivity index (χ4n) is 1.84. The van der Waals surface area contributed by atoms with Gasteiger partial charge in [-0.1, -0.05) is 30.3 Å². The number of rotatable bonds is 5. The van der Waals surface area contributed by atoms with Crippen LogP contribution in [0, 0.1) is 0 Å². The van der Waals surface area contributed by atoms with Gasteiger partial charge in [0, 0.05) is 10.6 Å². The molecule has 20 heavy (non-hydrogen) atoms. The minimum Gasteiger partial charge on any atom is -0.374 e. The van der Waals surface area contributed by atoms with Gasteiger partial charge in [-0.05, 0) is 37.4 Å². The van der Waals surface area contributed by atoms with Gasteiger partial charge >= 0.3 is 0 Å². The van der Waals surface area contributed by atoms with Gasteiger partial charge in [0.05, 0.1) is 5.69 Å². The highest BCUT2D eigenvalue weighted by molar-refractivity contribution is 7.98. The summed E-state index contributed by atoms with van der Waals surface area (Å²) >= 11 is 1.62. The Hall–Kier alpha value is -1.94. The van der Waals surface area contributed by atoms with E-state index in [9.17, 15) is 4.79 Å². The molecule has 2 N–H and O–H groups in total. The van der Waals surface area contributed by atoms with Crippen LogP contribution in [0.15, 0.2) is 59.5 Å². The Bertz CT molecular complexity index is 572. The molecule has 104 valence electrons. The number of hydrogen-bond donors (Lipinski definition) is 2. The summed E-state index contributed by atoms with van der Waals surface area (Å²) in [6, 6.07) is 17.2. The molecule has 0 spiro atoms. The summed E-state index contributed by atoms with van der Waals surface area (Å²) in [6.07, 6.45) is 2.00. The van der Waals surface area contributed by atoms with E-state index >= 15 is 0 Å². The zero-order chi connectivity index (χ0) is 14.4. The lowest BCUT2D eigenvalue weighted by molar-refractivity contribution is -0.116. The average Bonchev–Trinajstić information content (AvgIpc) is 2.48. The summed E-state index contributed by atoms with van der Waals surface area (Å²) in [5.41, 5.74) is 1.79. The minimum absolute atomic E-state index is 0.0460. The molecule has 0 aliphatic carbocycles. The largest absolute Gasteiger partial charge is 0.374 e. The van der Waals surface area contributed by atoms with E-state index in [1.807, 2.05) is 67.8 Å². The predicted octanol–water partition coefficient (Wildman–Crippen LogP) is 3.85. The highest BCUT2D eigenvalue weighted by Crippen LogP contribution is 2.24. The maximum atomic E-state index is 12.2. The Morgan fingerprint density at radius 2 is 1.70 bits per heavy atom. The van der Waals surface area contributed by atoms with Crippen molar-refractivity contribution in [3.8, 4) is 0 Å².